The first-order chi connectivity index (χ1) is 10.0. The summed E-state index contributed by atoms with van der Waals surface area (Å²) >= 11 is 3.48. The lowest BCUT2D eigenvalue weighted by molar-refractivity contribution is 0.634. The molecule has 0 spiro atoms. The first kappa shape index (κ1) is 15.8. The van der Waals surface area contributed by atoms with Gasteiger partial charge >= 0.3 is 0 Å². The summed E-state index contributed by atoms with van der Waals surface area (Å²) in [5, 5.41) is 3.16. The minimum atomic E-state index is 0.328. The van der Waals surface area contributed by atoms with Crippen molar-refractivity contribution >= 4 is 32.9 Å². The minimum Gasteiger partial charge on any atom is -0.370 e. The lowest BCUT2D eigenvalue weighted by atomic mass is 10.3. The second-order valence-electron chi connectivity index (χ2n) is 5.06. The monoisotopic (exact) mass is 351 g/mol. The number of halogens is 1. The third-order valence-corrected chi connectivity index (χ3v) is 4.00. The van der Waals surface area contributed by atoms with E-state index in [2.05, 4.69) is 62.6 Å². The molecular weight excluding hydrogens is 330 g/mol. The third kappa shape index (κ3) is 3.75. The van der Waals surface area contributed by atoms with E-state index in [0.29, 0.717) is 18.5 Å². The number of nitrogens with zero attached hydrogens (tertiary/aromatic N) is 3. The quantitative estimate of drug-likeness (QED) is 0.642. The minimum absolute atomic E-state index is 0.328. The van der Waals surface area contributed by atoms with E-state index < -0.39 is 0 Å². The molecule has 1 heterocycles. The highest BCUT2D eigenvalue weighted by Crippen LogP contribution is 2.21. The molecule has 0 radical (unpaired) electrons. The molecule has 0 amide bonds. The van der Waals surface area contributed by atoms with Crippen LogP contribution >= 0.6 is 15.9 Å². The van der Waals surface area contributed by atoms with Crippen molar-refractivity contribution in [2.24, 2.45) is 10.7 Å². The van der Waals surface area contributed by atoms with Gasteiger partial charge in [0.15, 0.2) is 5.96 Å². The van der Waals surface area contributed by atoms with Crippen LogP contribution in [0.15, 0.2) is 27.7 Å². The van der Waals surface area contributed by atoms with E-state index in [9.17, 15) is 0 Å². The van der Waals surface area contributed by atoms with Crippen molar-refractivity contribution in [1.82, 2.24) is 14.9 Å². The summed E-state index contributed by atoms with van der Waals surface area (Å²) in [6, 6.07) is 6.45. The van der Waals surface area contributed by atoms with Crippen LogP contribution in [0, 0.1) is 0 Å². The summed E-state index contributed by atoms with van der Waals surface area (Å²) < 4.78 is 3.20. The second-order valence-corrected chi connectivity index (χ2v) is 5.98. The molecule has 1 unspecified atom stereocenters. The maximum atomic E-state index is 5.90. The van der Waals surface area contributed by atoms with E-state index in [1.165, 1.54) is 0 Å². The molecule has 1 aromatic heterocycles. The number of benzene rings is 1. The number of aryl methyl sites for hydroxylation is 1. The molecule has 5 nitrogen and oxygen atoms in total. The van der Waals surface area contributed by atoms with Gasteiger partial charge in [-0.25, -0.2) is 9.98 Å². The molecule has 2 aromatic rings. The number of nitrogens with one attached hydrogen (secondary N) is 1. The zero-order valence-corrected chi connectivity index (χ0v) is 14.3. The standard InChI is InChI=1S/C15H22BrN5/c1-4-10(3)19-15(17)18-9-14-20-12-8-11(16)6-7-13(12)21(14)5-2/h6-8,10H,4-5,9H2,1-3H3,(H3,17,18,19). The number of hydrogen-bond donors (Lipinski definition) is 2. The number of hydrogen-bond acceptors (Lipinski definition) is 2. The van der Waals surface area contributed by atoms with E-state index in [0.717, 1.165) is 34.3 Å². The van der Waals surface area contributed by atoms with Gasteiger partial charge in [0.1, 0.15) is 12.4 Å². The van der Waals surface area contributed by atoms with Gasteiger partial charge in [0.2, 0.25) is 0 Å². The van der Waals surface area contributed by atoms with E-state index in [-0.39, 0.29) is 0 Å². The molecule has 0 saturated heterocycles. The maximum Gasteiger partial charge on any atom is 0.189 e. The fourth-order valence-corrected chi connectivity index (χ4v) is 2.53. The maximum absolute atomic E-state index is 5.90. The first-order valence-electron chi connectivity index (χ1n) is 7.26. The number of aromatic nitrogens is 2. The summed E-state index contributed by atoms with van der Waals surface area (Å²) in [4.78, 5) is 9.06. The zero-order valence-electron chi connectivity index (χ0n) is 12.7. The van der Waals surface area contributed by atoms with Crippen molar-refractivity contribution in [3.8, 4) is 0 Å². The molecule has 0 saturated carbocycles. The van der Waals surface area contributed by atoms with Crippen LogP contribution in [0.1, 0.15) is 33.0 Å². The highest BCUT2D eigenvalue weighted by Gasteiger charge is 2.09. The Morgan fingerprint density at radius 1 is 1.48 bits per heavy atom. The highest BCUT2D eigenvalue weighted by molar-refractivity contribution is 9.10. The molecule has 2 rings (SSSR count). The number of fused-ring (bicyclic) bond motifs is 1. The van der Waals surface area contributed by atoms with Gasteiger partial charge in [0.05, 0.1) is 11.0 Å². The average Bonchev–Trinajstić information content (AvgIpc) is 2.81. The molecule has 21 heavy (non-hydrogen) atoms. The number of imidazole rings is 1. The van der Waals surface area contributed by atoms with Crippen LogP contribution in [-0.2, 0) is 13.1 Å². The first-order valence-corrected chi connectivity index (χ1v) is 8.05. The van der Waals surface area contributed by atoms with Gasteiger partial charge in [-0.05, 0) is 38.5 Å². The van der Waals surface area contributed by atoms with Gasteiger partial charge in [-0.3, -0.25) is 0 Å². The van der Waals surface area contributed by atoms with Crippen LogP contribution in [0.4, 0.5) is 0 Å². The second kappa shape index (κ2) is 6.93. The van der Waals surface area contributed by atoms with Crippen molar-refractivity contribution in [2.75, 3.05) is 0 Å². The fraction of sp³-hybridized carbons (Fsp3) is 0.467. The summed E-state index contributed by atoms with van der Waals surface area (Å²) in [6.45, 7) is 7.65. The van der Waals surface area contributed by atoms with Crippen molar-refractivity contribution in [1.29, 1.82) is 0 Å². The number of nitrogens with two attached hydrogens (primary N) is 1. The molecule has 0 aliphatic heterocycles. The van der Waals surface area contributed by atoms with Gasteiger partial charge < -0.3 is 15.6 Å². The van der Waals surface area contributed by atoms with E-state index in [1.807, 2.05) is 12.1 Å². The SMILES string of the molecule is CCC(C)NC(N)=NCc1nc2cc(Br)ccc2n1CC. The molecule has 1 aromatic carbocycles. The number of rotatable bonds is 5. The Balaban J connectivity index is 2.23. The summed E-state index contributed by atoms with van der Waals surface area (Å²) in [5.74, 6) is 1.40. The molecular formula is C15H22BrN5. The van der Waals surface area contributed by atoms with Gasteiger partial charge in [0, 0.05) is 17.1 Å². The molecule has 0 aliphatic rings. The molecule has 3 N–H and O–H groups in total. The number of guanidine groups is 1. The van der Waals surface area contributed by atoms with Crippen molar-refractivity contribution in [3.63, 3.8) is 0 Å². The lowest BCUT2D eigenvalue weighted by Gasteiger charge is -2.11. The Morgan fingerprint density at radius 3 is 2.90 bits per heavy atom. The molecule has 0 bridgehead atoms. The summed E-state index contributed by atoms with van der Waals surface area (Å²) in [5.41, 5.74) is 8.00. The fourth-order valence-electron chi connectivity index (χ4n) is 2.18. The highest BCUT2D eigenvalue weighted by atomic mass is 79.9. The third-order valence-electron chi connectivity index (χ3n) is 3.50. The Labute approximate surface area is 133 Å². The van der Waals surface area contributed by atoms with E-state index >= 15 is 0 Å². The molecule has 1 atom stereocenters. The van der Waals surface area contributed by atoms with Crippen LogP contribution < -0.4 is 11.1 Å². The average molecular weight is 352 g/mol. The Kier molecular flexibility index (Phi) is 5.22. The van der Waals surface area contributed by atoms with Crippen molar-refractivity contribution in [2.45, 2.75) is 46.3 Å². The topological polar surface area (TPSA) is 68.2 Å². The zero-order chi connectivity index (χ0) is 15.4. The van der Waals surface area contributed by atoms with E-state index in [1.54, 1.807) is 0 Å². The largest absolute Gasteiger partial charge is 0.370 e. The summed E-state index contributed by atoms with van der Waals surface area (Å²) in [6.07, 6.45) is 1.01. The van der Waals surface area contributed by atoms with Crippen LogP contribution in [0.25, 0.3) is 11.0 Å². The van der Waals surface area contributed by atoms with E-state index in [4.69, 9.17) is 5.73 Å². The smallest absolute Gasteiger partial charge is 0.189 e. The Bertz CT molecular complexity index is 647. The molecule has 114 valence electrons. The van der Waals surface area contributed by atoms with Gasteiger partial charge in [-0.2, -0.15) is 0 Å². The predicted octanol–water partition coefficient (Wildman–Crippen LogP) is 3.02. The number of aliphatic imine (C=N–C) groups is 1. The van der Waals surface area contributed by atoms with Crippen LogP contribution in [0.2, 0.25) is 0 Å². The van der Waals surface area contributed by atoms with Crippen LogP contribution in [0.5, 0.6) is 0 Å². The van der Waals surface area contributed by atoms with Gasteiger partial charge in [0.25, 0.3) is 0 Å². The van der Waals surface area contributed by atoms with Crippen molar-refractivity contribution < 1.29 is 0 Å². The van der Waals surface area contributed by atoms with Crippen molar-refractivity contribution in [3.05, 3.63) is 28.5 Å². The summed E-state index contributed by atoms with van der Waals surface area (Å²) in [7, 11) is 0. The van der Waals surface area contributed by atoms with Crippen LogP contribution in [-0.4, -0.2) is 21.6 Å². The molecule has 0 aliphatic carbocycles. The van der Waals surface area contributed by atoms with Crippen LogP contribution in [0.3, 0.4) is 0 Å². The molecule has 0 fully saturated rings. The van der Waals surface area contributed by atoms with Gasteiger partial charge in [-0.15, -0.1) is 0 Å². The Hall–Kier alpha value is -1.56. The Morgan fingerprint density at radius 2 is 2.24 bits per heavy atom. The lowest BCUT2D eigenvalue weighted by Crippen LogP contribution is -2.38. The predicted molar refractivity (Wildman–Crippen MR) is 91.3 cm³/mol. The normalized spacial score (nSPS) is 13.6. The van der Waals surface area contributed by atoms with Gasteiger partial charge in [-0.1, -0.05) is 22.9 Å². The molecule has 6 heteroatoms.